The highest BCUT2D eigenvalue weighted by Crippen LogP contribution is 2.32. The fourth-order valence-electron chi connectivity index (χ4n) is 3.89. The highest BCUT2D eigenvalue weighted by Gasteiger charge is 2.40. The van der Waals surface area contributed by atoms with Gasteiger partial charge in [0.15, 0.2) is 0 Å². The molecule has 138 valence electrons. The van der Waals surface area contributed by atoms with E-state index in [1.54, 1.807) is 0 Å². The molecule has 0 aromatic heterocycles. The van der Waals surface area contributed by atoms with Crippen molar-refractivity contribution < 1.29 is 9.59 Å². The molecule has 3 N–H and O–H groups in total. The van der Waals surface area contributed by atoms with E-state index in [4.69, 9.17) is 5.73 Å². The van der Waals surface area contributed by atoms with E-state index in [0.717, 1.165) is 31.2 Å². The van der Waals surface area contributed by atoms with Gasteiger partial charge in [0.25, 0.3) is 0 Å². The number of amides is 2. The summed E-state index contributed by atoms with van der Waals surface area (Å²) in [6.45, 7) is 3.24. The second-order valence-corrected chi connectivity index (χ2v) is 7.40. The minimum atomic E-state index is -0.465. The van der Waals surface area contributed by atoms with Crippen molar-refractivity contribution in [1.29, 1.82) is 0 Å². The summed E-state index contributed by atoms with van der Waals surface area (Å²) in [5, 5.41) is 2.96. The lowest BCUT2D eigenvalue weighted by Crippen LogP contribution is -2.55. The van der Waals surface area contributed by atoms with E-state index in [1.165, 1.54) is 0 Å². The van der Waals surface area contributed by atoms with E-state index in [1.807, 2.05) is 42.2 Å². The van der Waals surface area contributed by atoms with Gasteiger partial charge in [-0.25, -0.2) is 0 Å². The van der Waals surface area contributed by atoms with Crippen LogP contribution in [0.3, 0.4) is 0 Å². The van der Waals surface area contributed by atoms with Crippen LogP contribution in [0.15, 0.2) is 30.3 Å². The van der Waals surface area contributed by atoms with Crippen LogP contribution in [0.1, 0.15) is 44.6 Å². The standard InChI is InChI=1S/C19H27N3O2.ClH/c1-19(20)11-6-5-9-15(19)17(23)21-16-10-12-22(18(16)24)13-14-7-3-2-4-8-14;/h2-4,7-8,15-16H,5-6,9-13,20H2,1H3,(H,21,23);1H. The number of carbonyl (C=O) groups is 2. The van der Waals surface area contributed by atoms with Gasteiger partial charge < -0.3 is 16.0 Å². The van der Waals surface area contributed by atoms with Crippen LogP contribution in [0.5, 0.6) is 0 Å². The fourth-order valence-corrected chi connectivity index (χ4v) is 3.89. The summed E-state index contributed by atoms with van der Waals surface area (Å²) in [7, 11) is 0. The summed E-state index contributed by atoms with van der Waals surface area (Å²) < 4.78 is 0. The molecule has 2 amide bonds. The average molecular weight is 366 g/mol. The van der Waals surface area contributed by atoms with Crippen LogP contribution >= 0.6 is 12.4 Å². The Morgan fingerprint density at radius 3 is 2.68 bits per heavy atom. The van der Waals surface area contributed by atoms with Gasteiger partial charge in [-0.2, -0.15) is 0 Å². The molecule has 6 heteroatoms. The fraction of sp³-hybridized carbons (Fsp3) is 0.579. The molecule has 1 aliphatic carbocycles. The molecule has 1 aliphatic heterocycles. The number of benzene rings is 1. The first-order valence-electron chi connectivity index (χ1n) is 8.89. The van der Waals surface area contributed by atoms with Gasteiger partial charge in [-0.1, -0.05) is 43.2 Å². The molecule has 0 spiro atoms. The number of likely N-dealkylation sites (tertiary alicyclic amines) is 1. The quantitative estimate of drug-likeness (QED) is 0.859. The number of carbonyl (C=O) groups excluding carboxylic acids is 2. The lowest BCUT2D eigenvalue weighted by atomic mass is 9.74. The second-order valence-electron chi connectivity index (χ2n) is 7.40. The van der Waals surface area contributed by atoms with Gasteiger partial charge in [0.05, 0.1) is 5.92 Å². The Labute approximate surface area is 155 Å². The first kappa shape index (κ1) is 19.7. The molecule has 1 aromatic rings. The molecular formula is C19H28ClN3O2. The normalized spacial score (nSPS) is 29.2. The smallest absolute Gasteiger partial charge is 0.245 e. The van der Waals surface area contributed by atoms with Crippen molar-refractivity contribution in [2.45, 2.75) is 57.2 Å². The van der Waals surface area contributed by atoms with Crippen molar-refractivity contribution in [3.63, 3.8) is 0 Å². The number of nitrogens with zero attached hydrogens (tertiary/aromatic N) is 1. The SMILES string of the molecule is CC1(N)CCCCC1C(=O)NC1CCN(Cc2ccccc2)C1=O.Cl. The Bertz CT molecular complexity index is 606. The number of rotatable bonds is 4. The molecule has 1 saturated carbocycles. The molecule has 3 atom stereocenters. The Balaban J connectivity index is 0.00000225. The lowest BCUT2D eigenvalue weighted by molar-refractivity contribution is -0.135. The molecule has 3 unspecified atom stereocenters. The number of hydrogen-bond acceptors (Lipinski definition) is 3. The van der Waals surface area contributed by atoms with Crippen molar-refractivity contribution in [3.8, 4) is 0 Å². The van der Waals surface area contributed by atoms with E-state index in [9.17, 15) is 9.59 Å². The van der Waals surface area contributed by atoms with Gasteiger partial charge in [0, 0.05) is 18.6 Å². The second kappa shape index (κ2) is 8.19. The monoisotopic (exact) mass is 365 g/mol. The van der Waals surface area contributed by atoms with Crippen molar-refractivity contribution >= 4 is 24.2 Å². The lowest BCUT2D eigenvalue weighted by Gasteiger charge is -2.37. The van der Waals surface area contributed by atoms with E-state index < -0.39 is 11.6 Å². The van der Waals surface area contributed by atoms with Gasteiger partial charge in [0.1, 0.15) is 6.04 Å². The summed E-state index contributed by atoms with van der Waals surface area (Å²) in [6.07, 6.45) is 4.45. The largest absolute Gasteiger partial charge is 0.344 e. The zero-order valence-electron chi connectivity index (χ0n) is 14.7. The van der Waals surface area contributed by atoms with Gasteiger partial charge >= 0.3 is 0 Å². The third-order valence-electron chi connectivity index (χ3n) is 5.40. The van der Waals surface area contributed by atoms with Crippen LogP contribution in [0.2, 0.25) is 0 Å². The van der Waals surface area contributed by atoms with Gasteiger partial charge in [-0.05, 0) is 31.7 Å². The number of halogens is 1. The predicted octanol–water partition coefficient (Wildman–Crippen LogP) is 2.23. The number of nitrogens with one attached hydrogen (secondary N) is 1. The molecule has 5 nitrogen and oxygen atoms in total. The van der Waals surface area contributed by atoms with Crippen LogP contribution in [-0.2, 0) is 16.1 Å². The van der Waals surface area contributed by atoms with E-state index in [0.29, 0.717) is 19.5 Å². The maximum absolute atomic E-state index is 12.6. The first-order chi connectivity index (χ1) is 11.5. The van der Waals surface area contributed by atoms with Gasteiger partial charge in [0.2, 0.25) is 11.8 Å². The number of hydrogen-bond donors (Lipinski definition) is 2. The summed E-state index contributed by atoms with van der Waals surface area (Å²) in [6, 6.07) is 9.54. The van der Waals surface area contributed by atoms with Crippen molar-refractivity contribution in [2.75, 3.05) is 6.54 Å². The zero-order valence-corrected chi connectivity index (χ0v) is 15.6. The maximum atomic E-state index is 12.6. The maximum Gasteiger partial charge on any atom is 0.245 e. The summed E-state index contributed by atoms with van der Waals surface area (Å²) >= 11 is 0. The highest BCUT2D eigenvalue weighted by atomic mass is 35.5. The molecule has 0 bridgehead atoms. The molecular weight excluding hydrogens is 338 g/mol. The Hall–Kier alpha value is -1.59. The molecule has 1 saturated heterocycles. The molecule has 1 aromatic carbocycles. The molecule has 2 aliphatic rings. The van der Waals surface area contributed by atoms with E-state index in [2.05, 4.69) is 5.32 Å². The summed E-state index contributed by atoms with van der Waals surface area (Å²) in [5.41, 5.74) is 6.95. The summed E-state index contributed by atoms with van der Waals surface area (Å²) in [5.74, 6) is -0.233. The predicted molar refractivity (Wildman–Crippen MR) is 100 cm³/mol. The Morgan fingerprint density at radius 1 is 1.28 bits per heavy atom. The van der Waals surface area contributed by atoms with Crippen LogP contribution in [-0.4, -0.2) is 34.8 Å². The average Bonchev–Trinajstić information content (AvgIpc) is 2.88. The molecule has 2 fully saturated rings. The topological polar surface area (TPSA) is 75.4 Å². The third-order valence-corrected chi connectivity index (χ3v) is 5.40. The Kier molecular flexibility index (Phi) is 6.47. The summed E-state index contributed by atoms with van der Waals surface area (Å²) in [4.78, 5) is 27.0. The minimum Gasteiger partial charge on any atom is -0.344 e. The minimum absolute atomic E-state index is 0. The van der Waals surface area contributed by atoms with Gasteiger partial charge in [-0.3, -0.25) is 9.59 Å². The van der Waals surface area contributed by atoms with E-state index in [-0.39, 0.29) is 30.1 Å². The van der Waals surface area contributed by atoms with Crippen molar-refractivity contribution in [3.05, 3.63) is 35.9 Å². The van der Waals surface area contributed by atoms with Gasteiger partial charge in [-0.15, -0.1) is 12.4 Å². The van der Waals surface area contributed by atoms with Crippen LogP contribution in [0.4, 0.5) is 0 Å². The van der Waals surface area contributed by atoms with Crippen molar-refractivity contribution in [2.24, 2.45) is 11.7 Å². The zero-order chi connectivity index (χ0) is 17.2. The van der Waals surface area contributed by atoms with Crippen molar-refractivity contribution in [1.82, 2.24) is 10.2 Å². The van der Waals surface area contributed by atoms with E-state index >= 15 is 0 Å². The van der Waals surface area contributed by atoms with Crippen LogP contribution in [0, 0.1) is 5.92 Å². The molecule has 3 rings (SSSR count). The number of nitrogens with two attached hydrogens (primary N) is 1. The highest BCUT2D eigenvalue weighted by molar-refractivity contribution is 5.90. The molecule has 0 radical (unpaired) electrons. The first-order valence-corrected chi connectivity index (χ1v) is 8.89. The van der Waals surface area contributed by atoms with Crippen LogP contribution < -0.4 is 11.1 Å². The molecule has 25 heavy (non-hydrogen) atoms. The van der Waals surface area contributed by atoms with Crippen LogP contribution in [0.25, 0.3) is 0 Å². The Morgan fingerprint density at radius 2 is 2.00 bits per heavy atom. The third kappa shape index (κ3) is 4.53. The molecule has 1 heterocycles.